The van der Waals surface area contributed by atoms with E-state index >= 15 is 0 Å². The average molecular weight is 343 g/mol. The van der Waals surface area contributed by atoms with Crippen LogP contribution in [0.1, 0.15) is 17.3 Å². The molecule has 1 heterocycles. The first-order valence-electron chi connectivity index (χ1n) is 6.08. The molecule has 1 unspecified atom stereocenters. The minimum Gasteiger partial charge on any atom is -0.383 e. The lowest BCUT2D eigenvalue weighted by Crippen LogP contribution is -2.31. The molecule has 0 bridgehead atoms. The lowest BCUT2D eigenvalue weighted by atomic mass is 10.0. The molecular formula is C13H16BrFN4O. The Morgan fingerprint density at radius 3 is 2.95 bits per heavy atom. The van der Waals surface area contributed by atoms with Crippen molar-refractivity contribution in [2.24, 2.45) is 5.84 Å². The van der Waals surface area contributed by atoms with Crippen LogP contribution in [0, 0.1) is 5.82 Å². The molecule has 0 aliphatic carbocycles. The van der Waals surface area contributed by atoms with Crippen molar-refractivity contribution >= 4 is 15.9 Å². The Kier molecular flexibility index (Phi) is 5.24. The molecule has 3 N–H and O–H groups in total. The Morgan fingerprint density at radius 1 is 1.50 bits per heavy atom. The van der Waals surface area contributed by atoms with Crippen molar-refractivity contribution in [3.05, 3.63) is 52.0 Å². The Morgan fingerprint density at radius 2 is 2.30 bits per heavy atom. The fraction of sp³-hybridized carbons (Fsp3) is 0.308. The van der Waals surface area contributed by atoms with Crippen LogP contribution in [0.3, 0.4) is 0 Å². The van der Waals surface area contributed by atoms with Gasteiger partial charge in [-0.2, -0.15) is 5.10 Å². The van der Waals surface area contributed by atoms with Gasteiger partial charge in [0.05, 0.1) is 24.9 Å². The maximum absolute atomic E-state index is 13.5. The van der Waals surface area contributed by atoms with Gasteiger partial charge in [-0.3, -0.25) is 10.5 Å². The maximum Gasteiger partial charge on any atom is 0.124 e. The van der Waals surface area contributed by atoms with Crippen molar-refractivity contribution in [3.63, 3.8) is 0 Å². The molecule has 20 heavy (non-hydrogen) atoms. The highest BCUT2D eigenvalue weighted by atomic mass is 79.9. The topological polar surface area (TPSA) is 65.1 Å². The highest BCUT2D eigenvalue weighted by Gasteiger charge is 2.18. The van der Waals surface area contributed by atoms with Crippen LogP contribution >= 0.6 is 15.9 Å². The van der Waals surface area contributed by atoms with Crippen molar-refractivity contribution in [2.75, 3.05) is 13.7 Å². The smallest absolute Gasteiger partial charge is 0.124 e. The Balaban J connectivity index is 2.34. The monoisotopic (exact) mass is 342 g/mol. The van der Waals surface area contributed by atoms with Crippen LogP contribution in [-0.2, 0) is 11.3 Å². The zero-order valence-corrected chi connectivity index (χ0v) is 12.6. The van der Waals surface area contributed by atoms with Gasteiger partial charge in [0, 0.05) is 17.8 Å². The zero-order chi connectivity index (χ0) is 14.5. The second-order valence-corrected chi connectivity index (χ2v) is 5.19. The number of nitrogens with two attached hydrogens (primary N) is 1. The molecule has 0 saturated heterocycles. The predicted octanol–water partition coefficient (Wildman–Crippen LogP) is 1.98. The highest BCUT2D eigenvalue weighted by Crippen LogP contribution is 2.25. The molecule has 0 aliphatic rings. The van der Waals surface area contributed by atoms with Crippen molar-refractivity contribution in [3.8, 4) is 0 Å². The van der Waals surface area contributed by atoms with Crippen LogP contribution in [0.4, 0.5) is 4.39 Å². The van der Waals surface area contributed by atoms with Gasteiger partial charge in [-0.05, 0) is 29.8 Å². The SMILES string of the molecule is COCCn1nccc1C(NN)c1cc(F)cc(Br)c1. The van der Waals surface area contributed by atoms with Crippen molar-refractivity contribution in [2.45, 2.75) is 12.6 Å². The van der Waals surface area contributed by atoms with Gasteiger partial charge >= 0.3 is 0 Å². The predicted molar refractivity (Wildman–Crippen MR) is 77.4 cm³/mol. The van der Waals surface area contributed by atoms with E-state index in [0.29, 0.717) is 17.6 Å². The van der Waals surface area contributed by atoms with E-state index in [1.807, 2.05) is 12.1 Å². The molecule has 1 aromatic carbocycles. The van der Waals surface area contributed by atoms with Crippen molar-refractivity contribution in [1.29, 1.82) is 0 Å². The fourth-order valence-corrected chi connectivity index (χ4v) is 2.53. The van der Waals surface area contributed by atoms with Crippen LogP contribution in [-0.4, -0.2) is 23.5 Å². The van der Waals surface area contributed by atoms with Gasteiger partial charge in [0.2, 0.25) is 0 Å². The number of aromatic nitrogens is 2. The molecule has 0 amide bonds. The van der Waals surface area contributed by atoms with Crippen LogP contribution in [0.5, 0.6) is 0 Å². The van der Waals surface area contributed by atoms with Crippen molar-refractivity contribution < 1.29 is 9.13 Å². The molecule has 0 aliphatic heterocycles. The molecule has 1 atom stereocenters. The number of benzene rings is 1. The summed E-state index contributed by atoms with van der Waals surface area (Å²) >= 11 is 3.28. The Bertz CT molecular complexity index is 555. The van der Waals surface area contributed by atoms with Crippen LogP contribution in [0.15, 0.2) is 34.9 Å². The van der Waals surface area contributed by atoms with Gasteiger partial charge in [0.25, 0.3) is 0 Å². The second-order valence-electron chi connectivity index (χ2n) is 4.27. The molecule has 7 heteroatoms. The first-order valence-corrected chi connectivity index (χ1v) is 6.87. The number of halogens is 2. The molecule has 5 nitrogen and oxygen atoms in total. The summed E-state index contributed by atoms with van der Waals surface area (Å²) in [6, 6.07) is 6.17. The lowest BCUT2D eigenvalue weighted by molar-refractivity contribution is 0.182. The van der Waals surface area contributed by atoms with E-state index in [1.165, 1.54) is 12.1 Å². The molecule has 0 saturated carbocycles. The third kappa shape index (κ3) is 3.43. The summed E-state index contributed by atoms with van der Waals surface area (Å²) in [4.78, 5) is 0. The Hall–Kier alpha value is -1.28. The molecule has 2 aromatic rings. The number of hydrazine groups is 1. The first kappa shape index (κ1) is 15.1. The minimum absolute atomic E-state index is 0.322. The van der Waals surface area contributed by atoms with E-state index in [9.17, 15) is 4.39 Å². The molecule has 0 fully saturated rings. The van der Waals surface area contributed by atoms with E-state index in [1.54, 1.807) is 18.0 Å². The maximum atomic E-state index is 13.5. The van der Waals surface area contributed by atoms with Crippen LogP contribution < -0.4 is 11.3 Å². The van der Waals surface area contributed by atoms with E-state index in [2.05, 4.69) is 26.5 Å². The van der Waals surface area contributed by atoms with Crippen LogP contribution in [0.2, 0.25) is 0 Å². The largest absolute Gasteiger partial charge is 0.383 e. The molecule has 0 radical (unpaired) electrons. The van der Waals surface area contributed by atoms with Crippen LogP contribution in [0.25, 0.3) is 0 Å². The van der Waals surface area contributed by atoms with Gasteiger partial charge in [0.1, 0.15) is 5.82 Å². The standard InChI is InChI=1S/C13H16BrFN4O/c1-20-5-4-19-12(2-3-17-19)13(18-16)9-6-10(14)8-11(15)7-9/h2-3,6-8,13,18H,4-5,16H2,1H3. The molecular weight excluding hydrogens is 327 g/mol. The van der Waals surface area contributed by atoms with Gasteiger partial charge in [-0.15, -0.1) is 0 Å². The summed E-state index contributed by atoms with van der Waals surface area (Å²) < 4.78 is 21.0. The van der Waals surface area contributed by atoms with Gasteiger partial charge in [-0.25, -0.2) is 9.82 Å². The average Bonchev–Trinajstić information content (AvgIpc) is 2.84. The first-order chi connectivity index (χ1) is 9.65. The van der Waals surface area contributed by atoms with Gasteiger partial charge in [-0.1, -0.05) is 15.9 Å². The molecule has 1 aromatic heterocycles. The number of hydrogen-bond acceptors (Lipinski definition) is 4. The van der Waals surface area contributed by atoms with Gasteiger partial charge in [0.15, 0.2) is 0 Å². The number of methoxy groups -OCH3 is 1. The summed E-state index contributed by atoms with van der Waals surface area (Å²) in [5.74, 6) is 5.31. The van der Waals surface area contributed by atoms with E-state index in [4.69, 9.17) is 10.6 Å². The van der Waals surface area contributed by atoms with E-state index in [-0.39, 0.29) is 11.9 Å². The summed E-state index contributed by atoms with van der Waals surface area (Å²) in [6.07, 6.45) is 1.68. The lowest BCUT2D eigenvalue weighted by Gasteiger charge is -2.18. The minimum atomic E-state index is -0.346. The third-order valence-corrected chi connectivity index (χ3v) is 3.40. The van der Waals surface area contributed by atoms with Gasteiger partial charge < -0.3 is 4.74 Å². The number of ether oxygens (including phenoxy) is 1. The summed E-state index contributed by atoms with van der Waals surface area (Å²) in [5, 5.41) is 4.23. The summed E-state index contributed by atoms with van der Waals surface area (Å²) in [6.45, 7) is 1.15. The number of nitrogens with zero attached hydrogens (tertiary/aromatic N) is 2. The number of rotatable bonds is 6. The quantitative estimate of drug-likeness (QED) is 0.622. The van der Waals surface area contributed by atoms with E-state index in [0.717, 1.165) is 11.3 Å². The molecule has 2 rings (SSSR count). The Labute approximate surface area is 125 Å². The highest BCUT2D eigenvalue weighted by molar-refractivity contribution is 9.10. The summed E-state index contributed by atoms with van der Waals surface area (Å²) in [5.41, 5.74) is 4.27. The van der Waals surface area contributed by atoms with E-state index < -0.39 is 0 Å². The second kappa shape index (κ2) is 6.94. The summed E-state index contributed by atoms with van der Waals surface area (Å²) in [7, 11) is 1.63. The fourth-order valence-electron chi connectivity index (χ4n) is 2.05. The normalized spacial score (nSPS) is 12.6. The zero-order valence-electron chi connectivity index (χ0n) is 11.0. The molecule has 108 valence electrons. The molecule has 0 spiro atoms. The third-order valence-electron chi connectivity index (χ3n) is 2.94. The van der Waals surface area contributed by atoms with Crippen molar-refractivity contribution in [1.82, 2.24) is 15.2 Å². The number of nitrogens with one attached hydrogen (secondary N) is 1. The number of hydrogen-bond donors (Lipinski definition) is 2.